The summed E-state index contributed by atoms with van der Waals surface area (Å²) in [5, 5.41) is 66.1. The molecular formula is C64H74O6. The Balaban J connectivity index is 1.47. The van der Waals surface area contributed by atoms with E-state index in [1.165, 1.54) is 0 Å². The van der Waals surface area contributed by atoms with Crippen LogP contribution in [0.1, 0.15) is 150 Å². The van der Waals surface area contributed by atoms with Crippen LogP contribution in [0.25, 0.3) is 0 Å². The van der Waals surface area contributed by atoms with Crippen LogP contribution in [-0.4, -0.2) is 30.6 Å². The first-order chi connectivity index (χ1) is 32.7. The van der Waals surface area contributed by atoms with Crippen LogP contribution in [0.5, 0.6) is 34.5 Å². The van der Waals surface area contributed by atoms with Crippen LogP contribution < -0.4 is 0 Å². The molecule has 0 radical (unpaired) electrons. The molecule has 70 heavy (non-hydrogen) atoms. The number of phenolic OH excluding ortho intramolecular Hbond substituents is 6. The average molecular weight is 939 g/mol. The Bertz CT molecular complexity index is 2730. The van der Waals surface area contributed by atoms with E-state index in [9.17, 15) is 30.6 Å². The normalized spacial score (nSPS) is 12.2. The van der Waals surface area contributed by atoms with Crippen molar-refractivity contribution in [3.05, 3.63) is 208 Å². The van der Waals surface area contributed by atoms with Gasteiger partial charge in [0, 0.05) is 16.2 Å². The lowest BCUT2D eigenvalue weighted by Crippen LogP contribution is -2.28. The van der Waals surface area contributed by atoms with Crippen molar-refractivity contribution in [2.24, 2.45) is 0 Å². The molecule has 0 saturated heterocycles. The first-order valence-electron chi connectivity index (χ1n) is 24.7. The quantitative estimate of drug-likeness (QED) is 0.0641. The topological polar surface area (TPSA) is 121 Å². The van der Waals surface area contributed by atoms with E-state index in [1.54, 1.807) is 0 Å². The average Bonchev–Trinajstić information content (AvgIpc) is 3.31. The Morgan fingerprint density at radius 2 is 0.429 bits per heavy atom. The third-order valence-corrected chi connectivity index (χ3v) is 16.1. The number of benzene rings is 7. The molecule has 0 aromatic heterocycles. The van der Waals surface area contributed by atoms with Crippen LogP contribution in [0.4, 0.5) is 0 Å². The lowest BCUT2D eigenvalue weighted by Gasteiger charge is -2.36. The molecule has 0 atom stereocenters. The summed E-state index contributed by atoms with van der Waals surface area (Å²) in [5.41, 5.74) is 17.7. The minimum atomic E-state index is -0.740. The molecule has 0 amide bonds. The maximum atomic E-state index is 11.1. The maximum Gasteiger partial charge on any atom is 0.121 e. The molecule has 6 N–H and O–H groups in total. The van der Waals surface area contributed by atoms with E-state index in [4.69, 9.17) is 0 Å². The first-order valence-corrected chi connectivity index (χ1v) is 24.7. The van der Waals surface area contributed by atoms with Gasteiger partial charge in [-0.25, -0.2) is 0 Å². The van der Waals surface area contributed by atoms with Gasteiger partial charge in [-0.05, 0) is 233 Å². The smallest absolute Gasteiger partial charge is 0.121 e. The van der Waals surface area contributed by atoms with Gasteiger partial charge in [0.2, 0.25) is 0 Å². The fourth-order valence-corrected chi connectivity index (χ4v) is 11.1. The van der Waals surface area contributed by atoms with Crippen molar-refractivity contribution in [2.45, 2.75) is 146 Å². The predicted molar refractivity (Wildman–Crippen MR) is 287 cm³/mol. The van der Waals surface area contributed by atoms with Gasteiger partial charge in [-0.3, -0.25) is 0 Å². The van der Waals surface area contributed by atoms with E-state index in [1.807, 2.05) is 83.1 Å². The van der Waals surface area contributed by atoms with E-state index in [-0.39, 0.29) is 11.5 Å². The lowest BCUT2D eigenvalue weighted by atomic mass is 9.67. The van der Waals surface area contributed by atoms with Crippen molar-refractivity contribution in [2.75, 3.05) is 0 Å². The van der Waals surface area contributed by atoms with Crippen molar-refractivity contribution in [3.8, 4) is 34.5 Å². The monoisotopic (exact) mass is 939 g/mol. The van der Waals surface area contributed by atoms with Gasteiger partial charge in [0.15, 0.2) is 0 Å². The highest BCUT2D eigenvalue weighted by Gasteiger charge is 2.37. The lowest BCUT2D eigenvalue weighted by molar-refractivity contribution is 0.460. The van der Waals surface area contributed by atoms with E-state index in [2.05, 4.69) is 112 Å². The fraction of sp³-hybridized carbons (Fsp3) is 0.344. The number of hydrogen-bond donors (Lipinski definition) is 6. The standard InChI is InChI=1S/C64H74O6/c1-35-20-49(21-36(2)56(35)65)62(13,50-22-37(3)57(66)38(4)23-50)18-16-47-32-48(17-19-63(14,51-24-39(5)58(67)40(6)25-51)52-26-41(7)59(68)42(8)27-52)34-55(33-47)64(15,53-28-43(9)60(69)44(10)29-53)54-30-45(11)61(70)46(12)31-54/h20-34,65-70H,16-19H2,1-15H3. The third kappa shape index (κ3) is 9.26. The largest absolute Gasteiger partial charge is 0.507 e. The summed E-state index contributed by atoms with van der Waals surface area (Å²) in [7, 11) is 0. The molecule has 0 aliphatic rings. The van der Waals surface area contributed by atoms with Crippen LogP contribution in [0, 0.1) is 83.1 Å². The van der Waals surface area contributed by atoms with Gasteiger partial charge in [0.25, 0.3) is 0 Å². The van der Waals surface area contributed by atoms with Crippen LogP contribution in [0.3, 0.4) is 0 Å². The second-order valence-electron chi connectivity index (χ2n) is 21.6. The fourth-order valence-electron chi connectivity index (χ4n) is 11.1. The van der Waals surface area contributed by atoms with Gasteiger partial charge >= 0.3 is 0 Å². The van der Waals surface area contributed by atoms with E-state index < -0.39 is 16.2 Å². The van der Waals surface area contributed by atoms with Crippen molar-refractivity contribution in [1.82, 2.24) is 0 Å². The van der Waals surface area contributed by atoms with E-state index >= 15 is 0 Å². The number of aromatic hydroxyl groups is 6. The SMILES string of the molecule is Cc1cc(C(C)(CCc2cc(CCC(C)(c3cc(C)c(O)c(C)c3)c3cc(C)c(O)c(C)c3)cc(C(C)(c3cc(C)c(O)c(C)c3)c3cc(C)c(O)c(C)c3)c2)c2cc(C)c(O)c(C)c2)cc(C)c1O. The van der Waals surface area contributed by atoms with Crippen LogP contribution in [-0.2, 0) is 29.1 Å². The molecule has 366 valence electrons. The van der Waals surface area contributed by atoms with Crippen molar-refractivity contribution < 1.29 is 30.6 Å². The second-order valence-corrected chi connectivity index (χ2v) is 21.6. The molecule has 0 unspecified atom stereocenters. The summed E-state index contributed by atoms with van der Waals surface area (Å²) in [6.07, 6.45) is 2.81. The first kappa shape index (κ1) is 51.2. The minimum Gasteiger partial charge on any atom is -0.507 e. The van der Waals surface area contributed by atoms with Gasteiger partial charge < -0.3 is 30.6 Å². The Hall–Kier alpha value is -6.66. The van der Waals surface area contributed by atoms with Crippen LogP contribution in [0.15, 0.2) is 91.0 Å². The minimum absolute atomic E-state index is 0.274. The van der Waals surface area contributed by atoms with Gasteiger partial charge in [0.05, 0.1) is 0 Å². The Kier molecular flexibility index (Phi) is 13.8. The van der Waals surface area contributed by atoms with Gasteiger partial charge in [-0.1, -0.05) is 105 Å². The Morgan fingerprint density at radius 1 is 0.257 bits per heavy atom. The van der Waals surface area contributed by atoms with Crippen LogP contribution in [0.2, 0.25) is 0 Å². The zero-order valence-corrected chi connectivity index (χ0v) is 44.2. The molecule has 7 aromatic rings. The maximum absolute atomic E-state index is 11.1. The zero-order valence-electron chi connectivity index (χ0n) is 44.2. The van der Waals surface area contributed by atoms with Crippen molar-refractivity contribution in [3.63, 3.8) is 0 Å². The molecule has 0 fully saturated rings. The number of phenols is 6. The number of rotatable bonds is 13. The van der Waals surface area contributed by atoms with Crippen LogP contribution >= 0.6 is 0 Å². The summed E-state index contributed by atoms with van der Waals surface area (Å²) >= 11 is 0. The van der Waals surface area contributed by atoms with Crippen molar-refractivity contribution in [1.29, 1.82) is 0 Å². The molecule has 7 rings (SSSR count). The molecule has 6 heteroatoms. The molecule has 0 heterocycles. The summed E-state index contributed by atoms with van der Waals surface area (Å²) in [5.74, 6) is 1.72. The highest BCUT2D eigenvalue weighted by Crippen LogP contribution is 2.47. The molecule has 6 nitrogen and oxygen atoms in total. The summed E-state index contributed by atoms with van der Waals surface area (Å²) < 4.78 is 0. The van der Waals surface area contributed by atoms with Gasteiger partial charge in [0.1, 0.15) is 34.5 Å². The molecule has 0 aliphatic heterocycles. The van der Waals surface area contributed by atoms with E-state index in [0.29, 0.717) is 48.7 Å². The Labute approximate surface area is 417 Å². The van der Waals surface area contributed by atoms with Crippen molar-refractivity contribution >= 4 is 0 Å². The van der Waals surface area contributed by atoms with Gasteiger partial charge in [-0.2, -0.15) is 0 Å². The Morgan fingerprint density at radius 3 is 0.629 bits per heavy atom. The molecule has 7 aromatic carbocycles. The predicted octanol–water partition coefficient (Wildman–Crippen LogP) is 14.9. The number of aryl methyl sites for hydroxylation is 14. The molecular weight excluding hydrogens is 865 g/mol. The highest BCUT2D eigenvalue weighted by molar-refractivity contribution is 5.59. The third-order valence-electron chi connectivity index (χ3n) is 16.1. The molecule has 0 aliphatic carbocycles. The van der Waals surface area contributed by atoms with E-state index in [0.717, 1.165) is 117 Å². The summed E-state index contributed by atoms with van der Waals surface area (Å²) in [6.45, 7) is 30.2. The summed E-state index contributed by atoms with van der Waals surface area (Å²) in [4.78, 5) is 0. The number of hydrogen-bond acceptors (Lipinski definition) is 6. The molecule has 0 bridgehead atoms. The zero-order chi connectivity index (χ0) is 51.5. The summed E-state index contributed by atoms with van der Waals surface area (Å²) in [6, 6.07) is 32.2. The van der Waals surface area contributed by atoms with Gasteiger partial charge in [-0.15, -0.1) is 0 Å². The highest BCUT2D eigenvalue weighted by atomic mass is 16.3. The second kappa shape index (κ2) is 18.9. The molecule has 0 saturated carbocycles. The molecule has 0 spiro atoms.